The molecule has 150 valence electrons. The number of carbonyl (C=O) groups is 1. The quantitative estimate of drug-likeness (QED) is 0.690. The van der Waals surface area contributed by atoms with Crippen molar-refractivity contribution in [2.75, 3.05) is 18.4 Å². The maximum Gasteiger partial charge on any atom is 0.322 e. The third kappa shape index (κ3) is 4.06. The number of carbonyl (C=O) groups excluding carboxylic acids is 1. The van der Waals surface area contributed by atoms with Gasteiger partial charge in [-0.2, -0.15) is 4.31 Å². The van der Waals surface area contributed by atoms with Crippen molar-refractivity contribution in [3.8, 4) is 11.5 Å². The Bertz CT molecular complexity index is 1130. The summed E-state index contributed by atoms with van der Waals surface area (Å²) < 4.78 is 32.1. The summed E-state index contributed by atoms with van der Waals surface area (Å²) in [4.78, 5) is 12.6. The van der Waals surface area contributed by atoms with E-state index in [-0.39, 0.29) is 10.9 Å². The van der Waals surface area contributed by atoms with E-state index in [1.165, 1.54) is 28.6 Å². The smallest absolute Gasteiger partial charge is 0.322 e. The lowest BCUT2D eigenvalue weighted by Gasteiger charge is -2.15. The lowest BCUT2D eigenvalue weighted by molar-refractivity contribution is 0.102. The largest absolute Gasteiger partial charge is 0.403 e. The van der Waals surface area contributed by atoms with E-state index in [0.717, 1.165) is 24.0 Å². The maximum absolute atomic E-state index is 12.6. The molecule has 3 aromatic rings. The molecule has 2 heterocycles. The molecule has 2 aromatic carbocycles. The Kier molecular flexibility index (Phi) is 5.16. The van der Waals surface area contributed by atoms with E-state index in [1.807, 2.05) is 31.2 Å². The van der Waals surface area contributed by atoms with Crippen molar-refractivity contribution in [2.24, 2.45) is 0 Å². The molecule has 0 spiro atoms. The third-order valence-corrected chi connectivity index (χ3v) is 6.64. The first kappa shape index (κ1) is 19.3. The van der Waals surface area contributed by atoms with Gasteiger partial charge in [0, 0.05) is 24.2 Å². The SMILES string of the molecule is Cc1cccc(-c2nnc(NC(=O)c3ccc(S(=O)(=O)N4CCCC4)cc3)o2)c1. The van der Waals surface area contributed by atoms with E-state index >= 15 is 0 Å². The van der Waals surface area contributed by atoms with Crippen LogP contribution in [0.5, 0.6) is 0 Å². The molecule has 1 saturated heterocycles. The van der Waals surface area contributed by atoms with Gasteiger partial charge in [-0.1, -0.05) is 22.8 Å². The van der Waals surface area contributed by atoms with Crippen molar-refractivity contribution in [3.05, 3.63) is 59.7 Å². The van der Waals surface area contributed by atoms with Crippen LogP contribution in [0.15, 0.2) is 57.8 Å². The normalized spacial score (nSPS) is 14.8. The summed E-state index contributed by atoms with van der Waals surface area (Å²) >= 11 is 0. The van der Waals surface area contributed by atoms with Gasteiger partial charge in [0.1, 0.15) is 0 Å². The highest BCUT2D eigenvalue weighted by Gasteiger charge is 2.27. The molecule has 1 aliphatic heterocycles. The zero-order valence-electron chi connectivity index (χ0n) is 15.8. The number of nitrogens with zero attached hydrogens (tertiary/aromatic N) is 3. The van der Waals surface area contributed by atoms with Gasteiger partial charge >= 0.3 is 6.01 Å². The molecule has 29 heavy (non-hydrogen) atoms. The molecule has 0 bridgehead atoms. The predicted octanol–water partition coefficient (Wildman–Crippen LogP) is 3.08. The van der Waals surface area contributed by atoms with Crippen molar-refractivity contribution in [1.82, 2.24) is 14.5 Å². The summed E-state index contributed by atoms with van der Waals surface area (Å²) in [6.07, 6.45) is 1.74. The number of anilines is 1. The highest BCUT2D eigenvalue weighted by Crippen LogP contribution is 2.23. The number of rotatable bonds is 5. The number of hydrogen-bond acceptors (Lipinski definition) is 6. The first-order valence-corrected chi connectivity index (χ1v) is 10.7. The van der Waals surface area contributed by atoms with Gasteiger partial charge in [0.2, 0.25) is 15.9 Å². The van der Waals surface area contributed by atoms with Gasteiger partial charge in [-0.3, -0.25) is 10.1 Å². The highest BCUT2D eigenvalue weighted by atomic mass is 32.2. The van der Waals surface area contributed by atoms with E-state index < -0.39 is 15.9 Å². The molecule has 0 saturated carbocycles. The van der Waals surface area contributed by atoms with Crippen LogP contribution in [0.4, 0.5) is 6.01 Å². The lowest BCUT2D eigenvalue weighted by atomic mass is 10.1. The van der Waals surface area contributed by atoms with Crippen LogP contribution < -0.4 is 5.32 Å². The van der Waals surface area contributed by atoms with Crippen molar-refractivity contribution in [3.63, 3.8) is 0 Å². The number of aromatic nitrogens is 2. The van der Waals surface area contributed by atoms with Crippen LogP contribution in [0.25, 0.3) is 11.5 Å². The number of benzene rings is 2. The summed E-state index contributed by atoms with van der Waals surface area (Å²) in [5.41, 5.74) is 2.10. The van der Waals surface area contributed by atoms with Crippen LogP contribution >= 0.6 is 0 Å². The van der Waals surface area contributed by atoms with Crippen LogP contribution in [0, 0.1) is 6.92 Å². The Labute approximate surface area is 168 Å². The summed E-state index contributed by atoms with van der Waals surface area (Å²) in [6, 6.07) is 13.4. The van der Waals surface area contributed by atoms with Crippen molar-refractivity contribution in [1.29, 1.82) is 0 Å². The number of aryl methyl sites for hydroxylation is 1. The van der Waals surface area contributed by atoms with Gasteiger partial charge < -0.3 is 4.42 Å². The van der Waals surface area contributed by atoms with Crippen LogP contribution in [-0.2, 0) is 10.0 Å². The van der Waals surface area contributed by atoms with Crippen LogP contribution in [-0.4, -0.2) is 41.9 Å². The second-order valence-corrected chi connectivity index (χ2v) is 8.81. The van der Waals surface area contributed by atoms with E-state index in [4.69, 9.17) is 4.42 Å². The number of nitrogens with one attached hydrogen (secondary N) is 1. The van der Waals surface area contributed by atoms with Gasteiger partial charge in [-0.05, 0) is 56.2 Å². The molecule has 0 aliphatic carbocycles. The lowest BCUT2D eigenvalue weighted by Crippen LogP contribution is -2.27. The van der Waals surface area contributed by atoms with Crippen LogP contribution in [0.1, 0.15) is 28.8 Å². The first-order chi connectivity index (χ1) is 13.9. The molecular weight excluding hydrogens is 392 g/mol. The van der Waals surface area contributed by atoms with Gasteiger partial charge in [0.25, 0.3) is 5.91 Å². The Balaban J connectivity index is 1.46. The molecule has 1 amide bonds. The maximum atomic E-state index is 12.6. The minimum atomic E-state index is -3.51. The van der Waals surface area contributed by atoms with Crippen LogP contribution in [0.2, 0.25) is 0 Å². The number of amides is 1. The fourth-order valence-electron chi connectivity index (χ4n) is 3.19. The molecule has 0 unspecified atom stereocenters. The molecule has 8 nitrogen and oxygen atoms in total. The Morgan fingerprint density at radius 1 is 1.07 bits per heavy atom. The van der Waals surface area contributed by atoms with Crippen molar-refractivity contribution in [2.45, 2.75) is 24.7 Å². The van der Waals surface area contributed by atoms with Gasteiger partial charge in [0.05, 0.1) is 4.90 Å². The zero-order valence-corrected chi connectivity index (χ0v) is 16.6. The minimum Gasteiger partial charge on any atom is -0.403 e. The second kappa shape index (κ2) is 7.76. The predicted molar refractivity (Wildman–Crippen MR) is 107 cm³/mol. The van der Waals surface area contributed by atoms with Gasteiger partial charge in [-0.25, -0.2) is 8.42 Å². The topological polar surface area (TPSA) is 105 Å². The summed E-state index contributed by atoms with van der Waals surface area (Å²) in [7, 11) is -3.51. The number of hydrogen-bond donors (Lipinski definition) is 1. The Hall–Kier alpha value is -3.04. The van der Waals surface area contributed by atoms with Gasteiger partial charge in [-0.15, -0.1) is 5.10 Å². The molecule has 1 aliphatic rings. The van der Waals surface area contributed by atoms with Crippen molar-refractivity contribution >= 4 is 21.9 Å². The summed E-state index contributed by atoms with van der Waals surface area (Å²) in [5, 5.41) is 10.3. The fourth-order valence-corrected chi connectivity index (χ4v) is 4.71. The molecule has 0 radical (unpaired) electrons. The Morgan fingerprint density at radius 2 is 1.79 bits per heavy atom. The monoisotopic (exact) mass is 412 g/mol. The van der Waals surface area contributed by atoms with E-state index in [0.29, 0.717) is 24.5 Å². The summed E-state index contributed by atoms with van der Waals surface area (Å²) in [5.74, 6) is -0.161. The standard InChI is InChI=1S/C20H20N4O4S/c1-14-5-4-6-16(13-14)19-22-23-20(28-19)21-18(25)15-7-9-17(10-8-15)29(26,27)24-11-2-3-12-24/h4-10,13H,2-3,11-12H2,1H3,(H,21,23,25). The molecule has 1 aromatic heterocycles. The second-order valence-electron chi connectivity index (χ2n) is 6.87. The Morgan fingerprint density at radius 3 is 2.48 bits per heavy atom. The molecule has 9 heteroatoms. The van der Waals surface area contributed by atoms with Crippen LogP contribution in [0.3, 0.4) is 0 Å². The average Bonchev–Trinajstić information content (AvgIpc) is 3.41. The average molecular weight is 412 g/mol. The molecule has 1 N–H and O–H groups in total. The summed E-state index contributed by atoms with van der Waals surface area (Å²) in [6.45, 7) is 3.02. The van der Waals surface area contributed by atoms with E-state index in [2.05, 4.69) is 15.5 Å². The van der Waals surface area contributed by atoms with E-state index in [1.54, 1.807) is 0 Å². The molecule has 0 atom stereocenters. The first-order valence-electron chi connectivity index (χ1n) is 9.25. The number of sulfonamides is 1. The van der Waals surface area contributed by atoms with Crippen molar-refractivity contribution < 1.29 is 17.6 Å². The molecular formula is C20H20N4O4S. The fraction of sp³-hybridized carbons (Fsp3) is 0.250. The molecule has 4 rings (SSSR count). The van der Waals surface area contributed by atoms with E-state index in [9.17, 15) is 13.2 Å². The third-order valence-electron chi connectivity index (χ3n) is 4.73. The molecule has 1 fully saturated rings. The zero-order chi connectivity index (χ0) is 20.4. The minimum absolute atomic E-state index is 0.0275. The van der Waals surface area contributed by atoms with Gasteiger partial charge in [0.15, 0.2) is 0 Å². The highest BCUT2D eigenvalue weighted by molar-refractivity contribution is 7.89.